The molecular weight excluding hydrogens is 446 g/mol. The van der Waals surface area contributed by atoms with Crippen molar-refractivity contribution in [3.05, 3.63) is 97.3 Å². The van der Waals surface area contributed by atoms with Gasteiger partial charge in [0, 0.05) is 27.7 Å². The van der Waals surface area contributed by atoms with Gasteiger partial charge in [-0.15, -0.1) is 0 Å². The fourth-order valence-electron chi connectivity index (χ4n) is 3.81. The van der Waals surface area contributed by atoms with Gasteiger partial charge in [0.1, 0.15) is 6.54 Å². The van der Waals surface area contributed by atoms with Crippen molar-refractivity contribution in [2.24, 2.45) is 0 Å². The number of nitrogens with zero attached hydrogens (tertiary/aromatic N) is 2. The number of halogens is 1. The van der Waals surface area contributed by atoms with Crippen LogP contribution in [-0.2, 0) is 16.1 Å². The first-order valence-corrected chi connectivity index (χ1v) is 10.5. The van der Waals surface area contributed by atoms with Gasteiger partial charge in [-0.2, -0.15) is 0 Å². The van der Waals surface area contributed by atoms with Crippen LogP contribution in [0, 0.1) is 13.8 Å². The van der Waals surface area contributed by atoms with E-state index in [0.717, 1.165) is 16.1 Å². The molecule has 2 heterocycles. The van der Waals surface area contributed by atoms with Crippen LogP contribution in [0.1, 0.15) is 21.7 Å². The minimum absolute atomic E-state index is 0.193. The monoisotopic (exact) mass is 465 g/mol. The average molecular weight is 466 g/mol. The van der Waals surface area contributed by atoms with E-state index < -0.39 is 30.2 Å². The number of carbonyl (C=O) groups excluding carboxylic acids is 2. The first-order valence-electron chi connectivity index (χ1n) is 10.1. The predicted octanol–water partition coefficient (Wildman–Crippen LogP) is 3.18. The van der Waals surface area contributed by atoms with Crippen LogP contribution >= 0.6 is 11.6 Å². The molecule has 0 unspecified atom stereocenters. The molecule has 0 amide bonds. The van der Waals surface area contributed by atoms with Crippen LogP contribution < -0.4 is 11.1 Å². The first kappa shape index (κ1) is 22.3. The number of benzene rings is 2. The summed E-state index contributed by atoms with van der Waals surface area (Å²) in [6, 6.07) is 15.3. The van der Waals surface area contributed by atoms with Gasteiger partial charge in [-0.1, -0.05) is 29.8 Å². The van der Waals surface area contributed by atoms with Gasteiger partial charge in [0.15, 0.2) is 6.61 Å². The largest absolute Gasteiger partial charge is 0.456 e. The topological polar surface area (TPSA) is 103 Å². The normalized spacial score (nSPS) is 11.0. The maximum atomic E-state index is 12.7. The molecule has 0 aliphatic carbocycles. The Labute approximate surface area is 193 Å². The van der Waals surface area contributed by atoms with E-state index in [4.69, 9.17) is 16.3 Å². The second-order valence-corrected chi connectivity index (χ2v) is 8.00. The molecule has 4 aromatic rings. The quantitative estimate of drug-likeness (QED) is 0.348. The van der Waals surface area contributed by atoms with Gasteiger partial charge in [0.2, 0.25) is 5.78 Å². The summed E-state index contributed by atoms with van der Waals surface area (Å²) in [5.74, 6) is -1.20. The number of esters is 1. The third-order valence-electron chi connectivity index (χ3n) is 5.33. The van der Waals surface area contributed by atoms with Crippen LogP contribution in [0.3, 0.4) is 0 Å². The lowest BCUT2D eigenvalue weighted by atomic mass is 10.1. The molecule has 1 N–H and O–H groups in total. The molecule has 2 aromatic carbocycles. The Morgan fingerprint density at radius 3 is 2.45 bits per heavy atom. The summed E-state index contributed by atoms with van der Waals surface area (Å²) in [5.41, 5.74) is 1.71. The van der Waals surface area contributed by atoms with E-state index in [0.29, 0.717) is 16.3 Å². The molecule has 168 valence electrons. The third kappa shape index (κ3) is 4.38. The van der Waals surface area contributed by atoms with E-state index in [1.165, 1.54) is 12.1 Å². The van der Waals surface area contributed by atoms with Crippen molar-refractivity contribution in [2.75, 3.05) is 6.61 Å². The Morgan fingerprint density at radius 2 is 1.73 bits per heavy atom. The van der Waals surface area contributed by atoms with Crippen molar-refractivity contribution >= 4 is 34.1 Å². The van der Waals surface area contributed by atoms with Gasteiger partial charge in [-0.05, 0) is 50.2 Å². The molecule has 0 saturated carbocycles. The van der Waals surface area contributed by atoms with Gasteiger partial charge in [0.25, 0.3) is 11.1 Å². The summed E-state index contributed by atoms with van der Waals surface area (Å²) in [7, 11) is 0. The number of H-pyrrole nitrogens is 1. The molecule has 0 fully saturated rings. The maximum Gasteiger partial charge on any atom is 0.328 e. The van der Waals surface area contributed by atoms with Crippen molar-refractivity contribution in [3.8, 4) is 5.69 Å². The summed E-state index contributed by atoms with van der Waals surface area (Å²) in [6.07, 6.45) is 0. The molecular formula is C24H20ClN3O5. The van der Waals surface area contributed by atoms with E-state index in [-0.39, 0.29) is 16.6 Å². The number of rotatable bonds is 6. The molecule has 0 saturated heterocycles. The number of aromatic amines is 1. The highest BCUT2D eigenvalue weighted by Crippen LogP contribution is 2.23. The zero-order valence-electron chi connectivity index (χ0n) is 17.9. The highest BCUT2D eigenvalue weighted by molar-refractivity contribution is 6.30. The van der Waals surface area contributed by atoms with Crippen LogP contribution in [0.2, 0.25) is 5.02 Å². The highest BCUT2D eigenvalue weighted by atomic mass is 35.5. The van der Waals surface area contributed by atoms with Gasteiger partial charge in [-0.25, -0.2) is 4.68 Å². The lowest BCUT2D eigenvalue weighted by molar-refractivity contribution is -0.143. The van der Waals surface area contributed by atoms with Crippen molar-refractivity contribution in [3.63, 3.8) is 0 Å². The summed E-state index contributed by atoms with van der Waals surface area (Å²) >= 11 is 6.09. The second kappa shape index (κ2) is 8.91. The SMILES string of the molecule is Cc1cc(C(=O)COC(=O)Cn2[nH]c(=O)c3ccccc3c2=O)c(C)n1-c1cccc(Cl)c1. The van der Waals surface area contributed by atoms with Crippen LogP contribution in [0.25, 0.3) is 16.5 Å². The Morgan fingerprint density at radius 1 is 1.00 bits per heavy atom. The first-order chi connectivity index (χ1) is 15.8. The number of fused-ring (bicyclic) bond motifs is 1. The van der Waals surface area contributed by atoms with Crippen molar-refractivity contribution in [1.29, 1.82) is 0 Å². The summed E-state index contributed by atoms with van der Waals surface area (Å²) in [4.78, 5) is 49.7. The molecule has 33 heavy (non-hydrogen) atoms. The smallest absolute Gasteiger partial charge is 0.328 e. The average Bonchev–Trinajstić information content (AvgIpc) is 3.09. The number of hydrogen-bond acceptors (Lipinski definition) is 5. The molecule has 0 spiro atoms. The Balaban J connectivity index is 1.49. The molecule has 0 aliphatic rings. The van der Waals surface area contributed by atoms with E-state index in [1.54, 1.807) is 37.3 Å². The van der Waals surface area contributed by atoms with E-state index in [1.807, 2.05) is 23.6 Å². The second-order valence-electron chi connectivity index (χ2n) is 7.56. The third-order valence-corrected chi connectivity index (χ3v) is 5.57. The predicted molar refractivity (Wildman–Crippen MR) is 124 cm³/mol. The van der Waals surface area contributed by atoms with E-state index in [2.05, 4.69) is 5.10 Å². The number of Topliss-reactive ketones (excluding diaryl/α,β-unsaturated/α-hetero) is 1. The van der Waals surface area contributed by atoms with E-state index >= 15 is 0 Å². The zero-order chi connectivity index (χ0) is 23.7. The van der Waals surface area contributed by atoms with E-state index in [9.17, 15) is 19.2 Å². The number of nitrogens with one attached hydrogen (secondary N) is 1. The van der Waals surface area contributed by atoms with Crippen molar-refractivity contribution in [1.82, 2.24) is 14.3 Å². The standard InChI is InChI=1S/C24H20ClN3O5/c1-14-10-20(15(2)28(14)17-7-5-6-16(25)11-17)21(29)13-33-22(30)12-27-24(32)19-9-4-3-8-18(19)23(31)26-27/h3-11H,12-13H2,1-2H3,(H,26,31). The number of aromatic nitrogens is 3. The molecule has 0 radical (unpaired) electrons. The molecule has 0 atom stereocenters. The number of aryl methyl sites for hydroxylation is 1. The summed E-state index contributed by atoms with van der Waals surface area (Å²) in [6.45, 7) is 2.64. The van der Waals surface area contributed by atoms with Gasteiger partial charge < -0.3 is 9.30 Å². The summed E-state index contributed by atoms with van der Waals surface area (Å²) < 4.78 is 7.86. The maximum absolute atomic E-state index is 12.7. The van der Waals surface area contributed by atoms with Crippen LogP contribution in [0.15, 0.2) is 64.2 Å². The Hall–Kier alpha value is -3.91. The Kier molecular flexibility index (Phi) is 6.02. The number of carbonyl (C=O) groups is 2. The molecule has 0 bridgehead atoms. The minimum Gasteiger partial charge on any atom is -0.456 e. The lowest BCUT2D eigenvalue weighted by Gasteiger charge is -2.10. The van der Waals surface area contributed by atoms with Crippen LogP contribution in [0.4, 0.5) is 0 Å². The van der Waals surface area contributed by atoms with Crippen molar-refractivity contribution in [2.45, 2.75) is 20.4 Å². The van der Waals surface area contributed by atoms with Crippen LogP contribution in [0.5, 0.6) is 0 Å². The highest BCUT2D eigenvalue weighted by Gasteiger charge is 2.19. The van der Waals surface area contributed by atoms with Crippen LogP contribution in [-0.4, -0.2) is 32.7 Å². The molecule has 0 aliphatic heterocycles. The fraction of sp³-hybridized carbons (Fsp3) is 0.167. The van der Waals surface area contributed by atoms with Gasteiger partial charge >= 0.3 is 5.97 Å². The fourth-order valence-corrected chi connectivity index (χ4v) is 4.00. The molecule has 9 heteroatoms. The number of ketones is 1. The Bertz CT molecular complexity index is 1510. The molecule has 4 rings (SSSR count). The number of ether oxygens (including phenoxy) is 1. The van der Waals surface area contributed by atoms with Crippen molar-refractivity contribution < 1.29 is 14.3 Å². The molecule has 8 nitrogen and oxygen atoms in total. The lowest BCUT2D eigenvalue weighted by Crippen LogP contribution is -2.33. The van der Waals surface area contributed by atoms with Gasteiger partial charge in [0.05, 0.1) is 10.8 Å². The van der Waals surface area contributed by atoms with Gasteiger partial charge in [-0.3, -0.25) is 24.3 Å². The minimum atomic E-state index is -0.819. The zero-order valence-corrected chi connectivity index (χ0v) is 18.7. The molecule has 2 aromatic heterocycles. The summed E-state index contributed by atoms with van der Waals surface area (Å²) in [5, 5.41) is 3.36. The number of hydrogen-bond donors (Lipinski definition) is 1.